The van der Waals surface area contributed by atoms with Gasteiger partial charge in [0, 0.05) is 24.0 Å². The molecule has 0 aliphatic rings. The smallest absolute Gasteiger partial charge is 0.244 e. The van der Waals surface area contributed by atoms with Gasteiger partial charge >= 0.3 is 0 Å². The van der Waals surface area contributed by atoms with Gasteiger partial charge in [0.15, 0.2) is 0 Å². The van der Waals surface area contributed by atoms with E-state index in [1.807, 2.05) is 6.92 Å². The van der Waals surface area contributed by atoms with Crippen molar-refractivity contribution >= 4 is 27.7 Å². The van der Waals surface area contributed by atoms with Crippen LogP contribution < -0.4 is 10.0 Å². The molecule has 1 aromatic heterocycles. The first kappa shape index (κ1) is 21.6. The monoisotopic (exact) mass is 405 g/mol. The van der Waals surface area contributed by atoms with E-state index in [0.29, 0.717) is 24.3 Å². The van der Waals surface area contributed by atoms with Crippen molar-refractivity contribution in [2.45, 2.75) is 33.0 Å². The highest BCUT2D eigenvalue weighted by Crippen LogP contribution is 2.13. The van der Waals surface area contributed by atoms with Crippen LogP contribution in [0, 0.1) is 0 Å². The molecule has 2 N–H and O–H groups in total. The lowest BCUT2D eigenvalue weighted by molar-refractivity contribution is -0.116. The van der Waals surface area contributed by atoms with Crippen molar-refractivity contribution in [3.05, 3.63) is 65.0 Å². The minimum Gasteiger partial charge on any atom is -0.348 e. The van der Waals surface area contributed by atoms with Crippen LogP contribution in [0.5, 0.6) is 0 Å². The van der Waals surface area contributed by atoms with E-state index in [4.69, 9.17) is 0 Å². The molecule has 0 bridgehead atoms. The van der Waals surface area contributed by atoms with Crippen molar-refractivity contribution < 1.29 is 17.6 Å². The Kier molecular flexibility index (Phi) is 7.69. The van der Waals surface area contributed by atoms with Gasteiger partial charge in [-0.15, -0.1) is 0 Å². The number of hydrogen-bond acceptors (Lipinski definition) is 4. The van der Waals surface area contributed by atoms with Gasteiger partial charge in [0.1, 0.15) is 6.67 Å². The summed E-state index contributed by atoms with van der Waals surface area (Å²) in [6, 6.07) is 10.1. The topological polar surface area (TPSA) is 88.2 Å². The van der Waals surface area contributed by atoms with E-state index in [1.165, 1.54) is 6.08 Å². The molecule has 0 radical (unpaired) electrons. The highest BCUT2D eigenvalue weighted by atomic mass is 32.2. The third-order valence-electron chi connectivity index (χ3n) is 3.83. The van der Waals surface area contributed by atoms with Crippen molar-refractivity contribution in [3.63, 3.8) is 0 Å². The average molecular weight is 405 g/mol. The summed E-state index contributed by atoms with van der Waals surface area (Å²) in [7, 11) is -3.32. The molecule has 28 heavy (non-hydrogen) atoms. The van der Waals surface area contributed by atoms with Crippen LogP contribution in [0.3, 0.4) is 0 Å². The van der Waals surface area contributed by atoms with Gasteiger partial charge in [-0.3, -0.25) is 14.5 Å². The van der Waals surface area contributed by atoms with Gasteiger partial charge in [-0.2, -0.15) is 0 Å². The fraction of sp³-hybridized carbons (Fsp3) is 0.300. The number of pyridine rings is 1. The second-order valence-corrected chi connectivity index (χ2v) is 8.09. The molecule has 1 amide bonds. The summed E-state index contributed by atoms with van der Waals surface area (Å²) in [6.45, 7) is 1.71. The predicted octanol–water partition coefficient (Wildman–Crippen LogP) is 3.20. The number of rotatable bonds is 9. The number of halogens is 1. The van der Waals surface area contributed by atoms with Crippen molar-refractivity contribution in [2.24, 2.45) is 0 Å². The van der Waals surface area contributed by atoms with Gasteiger partial charge in [-0.05, 0) is 41.8 Å². The molecule has 0 aliphatic carbocycles. The van der Waals surface area contributed by atoms with Gasteiger partial charge in [0.05, 0.1) is 11.9 Å². The van der Waals surface area contributed by atoms with Crippen molar-refractivity contribution in [1.29, 1.82) is 0 Å². The second kappa shape index (κ2) is 9.98. The van der Waals surface area contributed by atoms with E-state index < -0.39 is 16.7 Å². The summed E-state index contributed by atoms with van der Waals surface area (Å²) in [5, 5.41) is 2.77. The molecule has 0 saturated carbocycles. The summed E-state index contributed by atoms with van der Waals surface area (Å²) in [6.07, 6.45) is 5.77. The minimum absolute atomic E-state index is 0.268. The molecule has 0 fully saturated rings. The molecule has 0 atom stereocenters. The zero-order chi connectivity index (χ0) is 20.6. The Morgan fingerprint density at radius 2 is 1.89 bits per heavy atom. The number of alkyl halides is 1. The number of aromatic nitrogens is 1. The van der Waals surface area contributed by atoms with Crippen molar-refractivity contribution in [1.82, 2.24) is 10.3 Å². The van der Waals surface area contributed by atoms with Crippen LogP contribution in [0.25, 0.3) is 6.08 Å². The summed E-state index contributed by atoms with van der Waals surface area (Å²) in [4.78, 5) is 16.3. The number of benzene rings is 1. The predicted molar refractivity (Wildman–Crippen MR) is 109 cm³/mol. The highest BCUT2D eigenvalue weighted by Gasteiger charge is 2.05. The molecular formula is C20H24FN3O3S. The maximum Gasteiger partial charge on any atom is 0.244 e. The number of aryl methyl sites for hydroxylation is 1. The highest BCUT2D eigenvalue weighted by molar-refractivity contribution is 7.92. The van der Waals surface area contributed by atoms with Crippen LogP contribution in [0.2, 0.25) is 0 Å². The molecule has 0 aliphatic heterocycles. The first-order valence-electron chi connectivity index (χ1n) is 8.88. The van der Waals surface area contributed by atoms with Crippen LogP contribution in [-0.2, 0) is 34.5 Å². The molecule has 1 aromatic carbocycles. The summed E-state index contributed by atoms with van der Waals surface area (Å²) < 4.78 is 37.5. The molecule has 8 heteroatoms. The van der Waals surface area contributed by atoms with E-state index in [0.717, 1.165) is 29.5 Å². The standard InChI is InChI=1S/C20H24FN3O3S/c1-3-4-19-16(7-11-18(13-21)23-19)8-12-20(25)22-14-15-5-9-17(10-6-15)24-28(2,26)27/h5-12,24H,3-4,13-14H2,1-2H3,(H,22,25)/b12-8+. The van der Waals surface area contributed by atoms with Crippen LogP contribution in [0.1, 0.15) is 35.9 Å². The number of nitrogens with zero attached hydrogens (tertiary/aromatic N) is 1. The zero-order valence-electron chi connectivity index (χ0n) is 15.9. The number of nitrogens with one attached hydrogen (secondary N) is 2. The summed E-state index contributed by atoms with van der Waals surface area (Å²) >= 11 is 0. The Balaban J connectivity index is 1.95. The van der Waals surface area contributed by atoms with Crippen LogP contribution >= 0.6 is 0 Å². The number of anilines is 1. The summed E-state index contributed by atoms with van der Waals surface area (Å²) in [5.74, 6) is -0.268. The fourth-order valence-electron chi connectivity index (χ4n) is 2.54. The van der Waals surface area contributed by atoms with Crippen molar-refractivity contribution in [2.75, 3.05) is 11.0 Å². The normalized spacial score (nSPS) is 11.5. The summed E-state index contributed by atoms with van der Waals surface area (Å²) in [5.41, 5.74) is 3.26. The maximum atomic E-state index is 12.8. The van der Waals surface area contributed by atoms with E-state index in [1.54, 1.807) is 42.5 Å². The number of sulfonamides is 1. The fourth-order valence-corrected chi connectivity index (χ4v) is 3.10. The number of hydrogen-bond donors (Lipinski definition) is 2. The van der Waals surface area contributed by atoms with Gasteiger partial charge in [-0.25, -0.2) is 12.8 Å². The minimum atomic E-state index is -3.32. The molecule has 150 valence electrons. The van der Waals surface area contributed by atoms with Gasteiger partial charge in [0.2, 0.25) is 15.9 Å². The third kappa shape index (κ3) is 7.11. The molecule has 2 rings (SSSR count). The Bertz CT molecular complexity index is 942. The first-order valence-corrected chi connectivity index (χ1v) is 10.8. The van der Waals surface area contributed by atoms with Gasteiger partial charge < -0.3 is 5.32 Å². The second-order valence-electron chi connectivity index (χ2n) is 6.34. The average Bonchev–Trinajstić information content (AvgIpc) is 2.65. The molecule has 2 aromatic rings. The van der Waals surface area contributed by atoms with Gasteiger partial charge in [0.25, 0.3) is 0 Å². The molecule has 6 nitrogen and oxygen atoms in total. The van der Waals surface area contributed by atoms with E-state index in [-0.39, 0.29) is 5.91 Å². The zero-order valence-corrected chi connectivity index (χ0v) is 16.7. The van der Waals surface area contributed by atoms with E-state index in [9.17, 15) is 17.6 Å². The van der Waals surface area contributed by atoms with Crippen LogP contribution in [0.4, 0.5) is 10.1 Å². The molecule has 1 heterocycles. The van der Waals surface area contributed by atoms with Crippen LogP contribution in [0.15, 0.2) is 42.5 Å². The number of amides is 1. The Labute approximate surface area is 164 Å². The quantitative estimate of drug-likeness (QED) is 0.627. The van der Waals surface area contributed by atoms with Gasteiger partial charge in [-0.1, -0.05) is 31.5 Å². The number of carbonyl (C=O) groups excluding carboxylic acids is 1. The Morgan fingerprint density at radius 3 is 2.50 bits per heavy atom. The SMILES string of the molecule is CCCc1nc(CF)ccc1/C=C/C(=O)NCc1ccc(NS(C)(=O)=O)cc1. The van der Waals surface area contributed by atoms with Crippen molar-refractivity contribution in [3.8, 4) is 0 Å². The van der Waals surface area contributed by atoms with E-state index in [2.05, 4.69) is 15.0 Å². The molecule has 0 saturated heterocycles. The third-order valence-corrected chi connectivity index (χ3v) is 4.44. The number of carbonyl (C=O) groups is 1. The Morgan fingerprint density at radius 1 is 1.18 bits per heavy atom. The lowest BCUT2D eigenvalue weighted by atomic mass is 10.1. The van der Waals surface area contributed by atoms with E-state index >= 15 is 0 Å². The first-order chi connectivity index (χ1) is 13.3. The Hall–Kier alpha value is -2.74. The maximum absolute atomic E-state index is 12.8. The lowest BCUT2D eigenvalue weighted by Gasteiger charge is -2.07. The molecular weight excluding hydrogens is 381 g/mol. The molecule has 0 spiro atoms. The van der Waals surface area contributed by atoms with Crippen LogP contribution in [-0.4, -0.2) is 25.6 Å². The lowest BCUT2D eigenvalue weighted by Crippen LogP contribution is -2.20. The molecule has 0 unspecified atom stereocenters. The largest absolute Gasteiger partial charge is 0.348 e.